The standard InChI is InChI=1S/C20H24ClN3O4/c1-4-11-24-18(25)10-9-16(23-24)20(27)22-17(12-19(26)28-13(2)3)14-7-5-6-8-15(14)21/h5-10,13,17H,4,11-12H2,1-3H3,(H,22,27). The van der Waals surface area contributed by atoms with Gasteiger partial charge in [-0.15, -0.1) is 0 Å². The van der Waals surface area contributed by atoms with Crippen molar-refractivity contribution in [3.05, 3.63) is 63.0 Å². The third-order valence-corrected chi connectivity index (χ3v) is 4.20. The molecule has 1 heterocycles. The predicted molar refractivity (Wildman–Crippen MR) is 106 cm³/mol. The van der Waals surface area contributed by atoms with Gasteiger partial charge in [0, 0.05) is 17.6 Å². The van der Waals surface area contributed by atoms with Gasteiger partial charge in [-0.2, -0.15) is 5.10 Å². The van der Waals surface area contributed by atoms with E-state index in [0.29, 0.717) is 23.6 Å². The van der Waals surface area contributed by atoms with Crippen LogP contribution < -0.4 is 10.9 Å². The number of amides is 1. The lowest BCUT2D eigenvalue weighted by molar-refractivity contribution is -0.147. The number of ether oxygens (including phenoxy) is 1. The van der Waals surface area contributed by atoms with Crippen molar-refractivity contribution >= 4 is 23.5 Å². The van der Waals surface area contributed by atoms with E-state index in [1.165, 1.54) is 16.8 Å². The quantitative estimate of drug-likeness (QED) is 0.681. The van der Waals surface area contributed by atoms with E-state index in [1.54, 1.807) is 38.1 Å². The summed E-state index contributed by atoms with van der Waals surface area (Å²) >= 11 is 6.26. The second kappa shape index (κ2) is 10.0. The van der Waals surface area contributed by atoms with Gasteiger partial charge in [-0.25, -0.2) is 4.68 Å². The minimum absolute atomic E-state index is 0.0811. The average molecular weight is 406 g/mol. The molecule has 2 aromatic rings. The molecule has 0 aliphatic heterocycles. The Morgan fingerprint density at radius 1 is 1.21 bits per heavy atom. The lowest BCUT2D eigenvalue weighted by Crippen LogP contribution is -2.33. The number of nitrogens with one attached hydrogen (secondary N) is 1. The smallest absolute Gasteiger partial charge is 0.308 e. The van der Waals surface area contributed by atoms with Gasteiger partial charge in [0.1, 0.15) is 5.69 Å². The molecule has 0 saturated carbocycles. The maximum Gasteiger partial charge on any atom is 0.308 e. The van der Waals surface area contributed by atoms with E-state index in [-0.39, 0.29) is 23.8 Å². The second-order valence-electron chi connectivity index (χ2n) is 6.57. The number of aromatic nitrogens is 2. The number of nitrogens with zero attached hydrogens (tertiary/aromatic N) is 2. The van der Waals surface area contributed by atoms with Crippen LogP contribution in [0.4, 0.5) is 0 Å². The lowest BCUT2D eigenvalue weighted by atomic mass is 10.0. The van der Waals surface area contributed by atoms with Crippen molar-refractivity contribution in [1.82, 2.24) is 15.1 Å². The molecule has 0 fully saturated rings. The van der Waals surface area contributed by atoms with Crippen LogP contribution in [0.5, 0.6) is 0 Å². The van der Waals surface area contributed by atoms with Crippen LogP contribution in [-0.2, 0) is 16.1 Å². The molecular formula is C20H24ClN3O4. The van der Waals surface area contributed by atoms with Gasteiger partial charge in [-0.3, -0.25) is 14.4 Å². The molecule has 0 bridgehead atoms. The number of hydrogen-bond acceptors (Lipinski definition) is 5. The van der Waals surface area contributed by atoms with Gasteiger partial charge in [0.15, 0.2) is 0 Å². The van der Waals surface area contributed by atoms with Gasteiger partial charge >= 0.3 is 5.97 Å². The number of rotatable bonds is 8. The van der Waals surface area contributed by atoms with Crippen molar-refractivity contribution in [1.29, 1.82) is 0 Å². The van der Waals surface area contributed by atoms with E-state index in [2.05, 4.69) is 10.4 Å². The number of hydrogen-bond donors (Lipinski definition) is 1. The van der Waals surface area contributed by atoms with Gasteiger partial charge in [-0.1, -0.05) is 36.7 Å². The highest BCUT2D eigenvalue weighted by Gasteiger charge is 2.23. The van der Waals surface area contributed by atoms with E-state index in [4.69, 9.17) is 16.3 Å². The van der Waals surface area contributed by atoms with Crippen molar-refractivity contribution in [3.8, 4) is 0 Å². The topological polar surface area (TPSA) is 90.3 Å². The van der Waals surface area contributed by atoms with Crippen LogP contribution in [0.2, 0.25) is 5.02 Å². The number of benzene rings is 1. The summed E-state index contributed by atoms with van der Waals surface area (Å²) in [5, 5.41) is 7.31. The van der Waals surface area contributed by atoms with Crippen molar-refractivity contribution < 1.29 is 14.3 Å². The highest BCUT2D eigenvalue weighted by atomic mass is 35.5. The van der Waals surface area contributed by atoms with Crippen LogP contribution in [0.25, 0.3) is 0 Å². The van der Waals surface area contributed by atoms with Crippen LogP contribution >= 0.6 is 11.6 Å². The first kappa shape index (κ1) is 21.6. The zero-order chi connectivity index (χ0) is 20.7. The van der Waals surface area contributed by atoms with Gasteiger partial charge < -0.3 is 10.1 Å². The largest absolute Gasteiger partial charge is 0.463 e. The Morgan fingerprint density at radius 2 is 1.93 bits per heavy atom. The molecule has 0 spiro atoms. The molecule has 0 saturated heterocycles. The van der Waals surface area contributed by atoms with Gasteiger partial charge in [0.05, 0.1) is 18.6 Å². The third kappa shape index (κ3) is 5.92. The fourth-order valence-corrected chi connectivity index (χ4v) is 2.92. The van der Waals surface area contributed by atoms with E-state index in [0.717, 1.165) is 0 Å². The summed E-state index contributed by atoms with van der Waals surface area (Å²) in [7, 11) is 0. The number of esters is 1. The van der Waals surface area contributed by atoms with E-state index < -0.39 is 17.9 Å². The van der Waals surface area contributed by atoms with E-state index >= 15 is 0 Å². The Morgan fingerprint density at radius 3 is 2.57 bits per heavy atom. The summed E-state index contributed by atoms with van der Waals surface area (Å²) in [5.41, 5.74) is 0.406. The summed E-state index contributed by atoms with van der Waals surface area (Å²) in [5.74, 6) is -0.962. The average Bonchev–Trinajstić information content (AvgIpc) is 2.63. The highest BCUT2D eigenvalue weighted by molar-refractivity contribution is 6.31. The Kier molecular flexibility index (Phi) is 7.75. The van der Waals surface area contributed by atoms with Gasteiger partial charge in [0.25, 0.3) is 11.5 Å². The Bertz CT molecular complexity index is 895. The summed E-state index contributed by atoms with van der Waals surface area (Å²) in [6, 6.07) is 8.92. The SMILES string of the molecule is CCCn1nc(C(=O)NC(CC(=O)OC(C)C)c2ccccc2Cl)ccc1=O. The molecular weight excluding hydrogens is 382 g/mol. The first-order valence-corrected chi connectivity index (χ1v) is 9.52. The highest BCUT2D eigenvalue weighted by Crippen LogP contribution is 2.26. The first-order valence-electron chi connectivity index (χ1n) is 9.14. The number of carbonyl (C=O) groups is 2. The molecule has 1 unspecified atom stereocenters. The molecule has 1 aromatic carbocycles. The van der Waals surface area contributed by atoms with Crippen LogP contribution in [0, 0.1) is 0 Å². The maximum absolute atomic E-state index is 12.7. The molecule has 150 valence electrons. The Balaban J connectivity index is 2.27. The molecule has 7 nitrogen and oxygen atoms in total. The minimum atomic E-state index is -0.694. The normalized spacial score (nSPS) is 11.9. The summed E-state index contributed by atoms with van der Waals surface area (Å²) in [6.07, 6.45) is 0.359. The second-order valence-corrected chi connectivity index (χ2v) is 6.98. The van der Waals surface area contributed by atoms with E-state index in [1.807, 2.05) is 6.92 Å². The molecule has 0 aliphatic carbocycles. The van der Waals surface area contributed by atoms with Crippen LogP contribution in [-0.4, -0.2) is 27.8 Å². The number of aryl methyl sites for hydroxylation is 1. The van der Waals surface area contributed by atoms with E-state index in [9.17, 15) is 14.4 Å². The zero-order valence-electron chi connectivity index (χ0n) is 16.1. The fraction of sp³-hybridized carbons (Fsp3) is 0.400. The number of halogens is 1. The van der Waals surface area contributed by atoms with Crippen molar-refractivity contribution in [2.75, 3.05) is 0 Å². The molecule has 0 aliphatic rings. The van der Waals surface area contributed by atoms with Crippen molar-refractivity contribution in [2.24, 2.45) is 0 Å². The lowest BCUT2D eigenvalue weighted by Gasteiger charge is -2.20. The molecule has 28 heavy (non-hydrogen) atoms. The van der Waals surface area contributed by atoms with Crippen LogP contribution in [0.1, 0.15) is 55.7 Å². The van der Waals surface area contributed by atoms with Gasteiger partial charge in [0.2, 0.25) is 0 Å². The summed E-state index contributed by atoms with van der Waals surface area (Å²) < 4.78 is 6.44. The Labute approximate surface area is 168 Å². The monoisotopic (exact) mass is 405 g/mol. The van der Waals surface area contributed by atoms with Gasteiger partial charge in [-0.05, 0) is 38.0 Å². The van der Waals surface area contributed by atoms with Crippen molar-refractivity contribution in [3.63, 3.8) is 0 Å². The minimum Gasteiger partial charge on any atom is -0.463 e. The zero-order valence-corrected chi connectivity index (χ0v) is 16.9. The third-order valence-electron chi connectivity index (χ3n) is 3.86. The fourth-order valence-electron chi connectivity index (χ4n) is 2.65. The first-order chi connectivity index (χ1) is 13.3. The maximum atomic E-state index is 12.7. The molecule has 1 aromatic heterocycles. The molecule has 0 radical (unpaired) electrons. The molecule has 2 rings (SSSR count). The molecule has 1 amide bonds. The number of carbonyl (C=O) groups excluding carboxylic acids is 2. The molecule has 1 atom stereocenters. The van der Waals surface area contributed by atoms with Crippen molar-refractivity contribution in [2.45, 2.75) is 52.3 Å². The summed E-state index contributed by atoms with van der Waals surface area (Å²) in [4.78, 5) is 36.7. The van der Waals surface area contributed by atoms with Crippen LogP contribution in [0.15, 0.2) is 41.2 Å². The predicted octanol–water partition coefficient (Wildman–Crippen LogP) is 3.12. The Hall–Kier alpha value is -2.67. The molecule has 8 heteroatoms. The molecule has 1 N–H and O–H groups in total. The summed E-state index contributed by atoms with van der Waals surface area (Å²) in [6.45, 7) is 5.83. The van der Waals surface area contributed by atoms with Crippen LogP contribution in [0.3, 0.4) is 0 Å².